The summed E-state index contributed by atoms with van der Waals surface area (Å²) >= 11 is 4.62. The molecule has 0 atom stereocenters. The molecule has 1 rings (SSSR count). The predicted octanol–water partition coefficient (Wildman–Crippen LogP) is 0.560. The second-order valence-corrected chi connectivity index (χ2v) is 6.05. The van der Waals surface area contributed by atoms with E-state index in [2.05, 4.69) is 22.3 Å². The molecule has 0 aromatic heterocycles. The molecule has 0 amide bonds. The zero-order chi connectivity index (χ0) is 14.6. The van der Waals surface area contributed by atoms with E-state index in [1.807, 2.05) is 0 Å². The zero-order valence-electron chi connectivity index (χ0n) is 10.0. The molecule has 4 N–H and O–H groups in total. The lowest BCUT2D eigenvalue weighted by atomic mass is 10.2. The standard InChI is InChI=1S/C10H13F2N3O2S2/c1-19(16,17)15-3-2-14-9-7(11)4-6(10(13)18)5-8(9)12/h4-5,14-15H,2-3H2,1H3,(H2,13,18). The van der Waals surface area contributed by atoms with Gasteiger partial charge in [0, 0.05) is 18.7 Å². The van der Waals surface area contributed by atoms with Crippen molar-refractivity contribution < 1.29 is 17.2 Å². The number of hydrogen-bond acceptors (Lipinski definition) is 4. The lowest BCUT2D eigenvalue weighted by molar-refractivity contribution is 0.584. The summed E-state index contributed by atoms with van der Waals surface area (Å²) < 4.78 is 50.9. The van der Waals surface area contributed by atoms with Crippen molar-refractivity contribution in [3.8, 4) is 0 Å². The van der Waals surface area contributed by atoms with Crippen molar-refractivity contribution in [2.45, 2.75) is 0 Å². The maximum absolute atomic E-state index is 13.6. The first-order valence-electron chi connectivity index (χ1n) is 5.18. The van der Waals surface area contributed by atoms with E-state index in [4.69, 9.17) is 5.73 Å². The quantitative estimate of drug-likeness (QED) is 0.528. The normalized spacial score (nSPS) is 11.3. The second kappa shape index (κ2) is 6.22. The number of nitrogens with one attached hydrogen (secondary N) is 2. The number of thiocarbonyl (C=S) groups is 1. The van der Waals surface area contributed by atoms with Crippen molar-refractivity contribution >= 4 is 32.9 Å². The summed E-state index contributed by atoms with van der Waals surface area (Å²) in [6.45, 7) is 0.0437. The maximum Gasteiger partial charge on any atom is 0.208 e. The van der Waals surface area contributed by atoms with E-state index in [9.17, 15) is 17.2 Å². The number of benzene rings is 1. The molecular weight excluding hydrogens is 296 g/mol. The Balaban J connectivity index is 2.72. The van der Waals surface area contributed by atoms with Crippen molar-refractivity contribution in [3.05, 3.63) is 29.3 Å². The molecule has 0 radical (unpaired) electrons. The smallest absolute Gasteiger partial charge is 0.208 e. The Bertz CT molecular complexity index is 567. The van der Waals surface area contributed by atoms with E-state index in [1.54, 1.807) is 0 Å². The van der Waals surface area contributed by atoms with Crippen LogP contribution in [0.4, 0.5) is 14.5 Å². The van der Waals surface area contributed by atoms with Crippen LogP contribution < -0.4 is 15.8 Å². The first kappa shape index (κ1) is 15.7. The van der Waals surface area contributed by atoms with Gasteiger partial charge in [0.05, 0.1) is 6.26 Å². The van der Waals surface area contributed by atoms with Crippen LogP contribution in [-0.4, -0.2) is 32.8 Å². The number of hydrogen-bond donors (Lipinski definition) is 3. The van der Waals surface area contributed by atoms with Crippen molar-refractivity contribution in [2.24, 2.45) is 5.73 Å². The molecule has 0 saturated heterocycles. The van der Waals surface area contributed by atoms with Crippen LogP contribution in [0.25, 0.3) is 0 Å². The lowest BCUT2D eigenvalue weighted by Crippen LogP contribution is -2.28. The summed E-state index contributed by atoms with van der Waals surface area (Å²) in [7, 11) is -3.33. The number of rotatable bonds is 6. The van der Waals surface area contributed by atoms with Gasteiger partial charge in [-0.15, -0.1) is 0 Å². The van der Waals surface area contributed by atoms with E-state index >= 15 is 0 Å². The minimum Gasteiger partial charge on any atom is -0.389 e. The summed E-state index contributed by atoms with van der Waals surface area (Å²) in [5.74, 6) is -1.69. The number of nitrogens with two attached hydrogens (primary N) is 1. The summed E-state index contributed by atoms with van der Waals surface area (Å²) in [4.78, 5) is -0.108. The van der Waals surface area contributed by atoms with E-state index in [0.717, 1.165) is 18.4 Å². The van der Waals surface area contributed by atoms with Gasteiger partial charge in [-0.05, 0) is 12.1 Å². The number of sulfonamides is 1. The largest absolute Gasteiger partial charge is 0.389 e. The van der Waals surface area contributed by atoms with E-state index in [-0.39, 0.29) is 29.3 Å². The summed E-state index contributed by atoms with van der Waals surface area (Å²) in [5.41, 5.74) is 5.01. The van der Waals surface area contributed by atoms with Gasteiger partial charge < -0.3 is 11.1 Å². The number of anilines is 1. The fourth-order valence-electron chi connectivity index (χ4n) is 1.31. The molecule has 0 saturated carbocycles. The van der Waals surface area contributed by atoms with Crippen LogP contribution in [0.5, 0.6) is 0 Å². The Labute approximate surface area is 115 Å². The van der Waals surface area contributed by atoms with Gasteiger partial charge in [0.1, 0.15) is 22.3 Å². The highest BCUT2D eigenvalue weighted by atomic mass is 32.2. The first-order chi connectivity index (χ1) is 8.70. The van der Waals surface area contributed by atoms with Gasteiger partial charge in [0.25, 0.3) is 0 Å². The Kier molecular flexibility index (Phi) is 5.15. The molecule has 0 fully saturated rings. The molecule has 0 heterocycles. The van der Waals surface area contributed by atoms with E-state index < -0.39 is 21.7 Å². The van der Waals surface area contributed by atoms with Crippen LogP contribution >= 0.6 is 12.2 Å². The van der Waals surface area contributed by atoms with Gasteiger partial charge in [-0.25, -0.2) is 21.9 Å². The number of halogens is 2. The highest BCUT2D eigenvalue weighted by molar-refractivity contribution is 7.88. The zero-order valence-corrected chi connectivity index (χ0v) is 11.7. The third-order valence-electron chi connectivity index (χ3n) is 2.12. The molecule has 0 bridgehead atoms. The fraction of sp³-hybridized carbons (Fsp3) is 0.300. The Morgan fingerprint density at radius 3 is 2.26 bits per heavy atom. The molecule has 5 nitrogen and oxygen atoms in total. The van der Waals surface area contributed by atoms with E-state index in [1.165, 1.54) is 0 Å². The molecule has 106 valence electrons. The highest BCUT2D eigenvalue weighted by Gasteiger charge is 2.12. The predicted molar refractivity (Wildman–Crippen MR) is 73.6 cm³/mol. The Morgan fingerprint density at radius 2 is 1.84 bits per heavy atom. The van der Waals surface area contributed by atoms with Crippen molar-refractivity contribution in [1.29, 1.82) is 0 Å². The third kappa shape index (κ3) is 5.05. The van der Waals surface area contributed by atoms with Crippen LogP contribution in [0, 0.1) is 11.6 Å². The highest BCUT2D eigenvalue weighted by Crippen LogP contribution is 2.20. The van der Waals surface area contributed by atoms with Gasteiger partial charge in [0.15, 0.2) is 0 Å². The van der Waals surface area contributed by atoms with Gasteiger partial charge in [-0.2, -0.15) is 0 Å². The monoisotopic (exact) mass is 309 g/mol. The van der Waals surface area contributed by atoms with Crippen LogP contribution in [0.1, 0.15) is 5.56 Å². The summed E-state index contributed by atoms with van der Waals surface area (Å²) in [6.07, 6.45) is 0.991. The molecule has 1 aromatic carbocycles. The topological polar surface area (TPSA) is 84.2 Å². The average molecular weight is 309 g/mol. The van der Waals surface area contributed by atoms with Gasteiger partial charge in [-0.3, -0.25) is 0 Å². The average Bonchev–Trinajstić information content (AvgIpc) is 2.25. The van der Waals surface area contributed by atoms with Gasteiger partial charge in [0.2, 0.25) is 10.0 Å². The van der Waals surface area contributed by atoms with Gasteiger partial charge >= 0.3 is 0 Å². The van der Waals surface area contributed by atoms with Crippen molar-refractivity contribution in [3.63, 3.8) is 0 Å². The molecule has 0 aliphatic carbocycles. The minimum atomic E-state index is -3.33. The van der Waals surface area contributed by atoms with Crippen molar-refractivity contribution in [1.82, 2.24) is 4.72 Å². The molecule has 0 aliphatic rings. The molecular formula is C10H13F2N3O2S2. The van der Waals surface area contributed by atoms with Crippen LogP contribution in [0.2, 0.25) is 0 Å². The summed E-state index contributed by atoms with van der Waals surface area (Å²) in [6, 6.07) is 2.02. The Morgan fingerprint density at radius 1 is 1.32 bits per heavy atom. The summed E-state index contributed by atoms with van der Waals surface area (Å²) in [5, 5.41) is 2.46. The van der Waals surface area contributed by atoms with Crippen LogP contribution in [0.3, 0.4) is 0 Å². The Hall–Kier alpha value is -1.32. The van der Waals surface area contributed by atoms with Crippen LogP contribution in [-0.2, 0) is 10.0 Å². The minimum absolute atomic E-state index is 0.00870. The fourth-order valence-corrected chi connectivity index (χ4v) is 1.90. The lowest BCUT2D eigenvalue weighted by Gasteiger charge is -2.10. The third-order valence-corrected chi connectivity index (χ3v) is 3.08. The molecule has 9 heteroatoms. The molecule has 0 aliphatic heterocycles. The molecule has 1 aromatic rings. The molecule has 0 unspecified atom stereocenters. The maximum atomic E-state index is 13.6. The van der Waals surface area contributed by atoms with Crippen LogP contribution in [0.15, 0.2) is 12.1 Å². The molecule has 19 heavy (non-hydrogen) atoms. The SMILES string of the molecule is CS(=O)(=O)NCCNc1c(F)cc(C(N)=S)cc1F. The second-order valence-electron chi connectivity index (χ2n) is 3.77. The molecule has 0 spiro atoms. The van der Waals surface area contributed by atoms with Crippen molar-refractivity contribution in [2.75, 3.05) is 24.7 Å². The first-order valence-corrected chi connectivity index (χ1v) is 7.48. The van der Waals surface area contributed by atoms with E-state index in [0.29, 0.717) is 0 Å². The van der Waals surface area contributed by atoms with Gasteiger partial charge in [-0.1, -0.05) is 12.2 Å².